The fraction of sp³-hybridized carbons (Fsp3) is 0.550. The first-order valence-electron chi connectivity index (χ1n) is 8.91. The van der Waals surface area contributed by atoms with Crippen LogP contribution < -0.4 is 0 Å². The molecule has 0 heterocycles. The van der Waals surface area contributed by atoms with Gasteiger partial charge in [0.1, 0.15) is 0 Å². The second-order valence-electron chi connectivity index (χ2n) is 5.95. The van der Waals surface area contributed by atoms with Crippen molar-refractivity contribution >= 4 is 5.97 Å². The van der Waals surface area contributed by atoms with Crippen molar-refractivity contribution in [1.29, 1.82) is 0 Å². The Kier molecular flexibility index (Phi) is 14.7. The average molecular weight is 352 g/mol. The van der Waals surface area contributed by atoms with Gasteiger partial charge in [0.2, 0.25) is 0 Å². The summed E-state index contributed by atoms with van der Waals surface area (Å²) in [6.45, 7) is 2.09. The van der Waals surface area contributed by atoms with E-state index in [4.69, 9.17) is 5.11 Å². The van der Waals surface area contributed by atoms with E-state index in [0.717, 1.165) is 19.3 Å². The molecule has 25 heavy (non-hydrogen) atoms. The normalized spacial score (nSPS) is 16.3. The Balaban J connectivity index is 3.96. The minimum atomic E-state index is -0.855. The Labute approximate surface area is 150 Å². The number of hydrogen-bond acceptors (Lipinski definition) is 4. The monoisotopic (exact) mass is 352 g/mol. The van der Waals surface area contributed by atoms with Gasteiger partial charge >= 0.3 is 5.97 Å². The highest BCUT2D eigenvalue weighted by Gasteiger charge is 2.11. The molecule has 0 aromatic heterocycles. The maximum Gasteiger partial charge on any atom is 0.303 e. The predicted octanol–water partition coefficient (Wildman–Crippen LogP) is 3.13. The van der Waals surface area contributed by atoms with E-state index in [1.165, 1.54) is 0 Å². The van der Waals surface area contributed by atoms with Gasteiger partial charge in [0.25, 0.3) is 0 Å². The molecule has 5 nitrogen and oxygen atoms in total. The number of unbranched alkanes of at least 4 members (excludes halogenated alkanes) is 2. The number of carboxylic acids is 1. The molecule has 0 radical (unpaired) electrons. The molecule has 0 amide bonds. The first-order valence-corrected chi connectivity index (χ1v) is 8.91. The molecule has 0 saturated heterocycles. The molecule has 0 aliphatic carbocycles. The summed E-state index contributed by atoms with van der Waals surface area (Å²) < 4.78 is 0. The van der Waals surface area contributed by atoms with Gasteiger partial charge in [0.15, 0.2) is 0 Å². The summed E-state index contributed by atoms with van der Waals surface area (Å²) in [6, 6.07) is 0. The summed E-state index contributed by atoms with van der Waals surface area (Å²) in [5.74, 6) is -0.854. The molecule has 0 rings (SSSR count). The smallest absolute Gasteiger partial charge is 0.303 e. The number of carbonyl (C=O) groups is 1. The van der Waals surface area contributed by atoms with Crippen molar-refractivity contribution in [2.75, 3.05) is 0 Å². The van der Waals surface area contributed by atoms with Crippen LogP contribution in [0.2, 0.25) is 0 Å². The van der Waals surface area contributed by atoms with E-state index in [-0.39, 0.29) is 6.42 Å². The molecule has 0 aromatic carbocycles. The van der Waals surface area contributed by atoms with Gasteiger partial charge in [-0.2, -0.15) is 0 Å². The van der Waals surface area contributed by atoms with Crippen LogP contribution in [0, 0.1) is 0 Å². The van der Waals surface area contributed by atoms with Gasteiger partial charge in [-0.15, -0.1) is 0 Å². The number of carboxylic acid groups (broad SMARTS) is 1. The molecule has 0 fully saturated rings. The van der Waals surface area contributed by atoms with E-state index in [1.807, 2.05) is 0 Å². The molecule has 0 bridgehead atoms. The van der Waals surface area contributed by atoms with Gasteiger partial charge in [0, 0.05) is 6.42 Å². The highest BCUT2D eigenvalue weighted by Crippen LogP contribution is 2.07. The van der Waals surface area contributed by atoms with E-state index < -0.39 is 24.3 Å². The predicted molar refractivity (Wildman–Crippen MR) is 100 cm³/mol. The molecule has 0 spiro atoms. The lowest BCUT2D eigenvalue weighted by Crippen LogP contribution is -2.23. The fourth-order valence-corrected chi connectivity index (χ4v) is 2.09. The zero-order chi connectivity index (χ0) is 18.9. The second kappa shape index (κ2) is 15.8. The Bertz CT molecular complexity index is 451. The largest absolute Gasteiger partial charge is 0.481 e. The van der Waals surface area contributed by atoms with Crippen molar-refractivity contribution < 1.29 is 25.2 Å². The number of aliphatic hydroxyl groups excluding tert-OH is 3. The maximum absolute atomic E-state index is 10.4. The molecule has 4 N–H and O–H groups in total. The molecule has 0 aliphatic rings. The van der Waals surface area contributed by atoms with Crippen molar-refractivity contribution in [1.82, 2.24) is 0 Å². The Hall–Kier alpha value is -1.69. The van der Waals surface area contributed by atoms with Crippen molar-refractivity contribution in [3.8, 4) is 0 Å². The highest BCUT2D eigenvalue weighted by molar-refractivity contribution is 5.66. The minimum absolute atomic E-state index is 0.0644. The van der Waals surface area contributed by atoms with E-state index in [1.54, 1.807) is 48.6 Å². The van der Waals surface area contributed by atoms with Crippen LogP contribution in [0.5, 0.6) is 0 Å². The molecule has 3 atom stereocenters. The first-order chi connectivity index (χ1) is 12.0. The summed E-state index contributed by atoms with van der Waals surface area (Å²) in [6.07, 6.45) is 16.0. The zero-order valence-electron chi connectivity index (χ0n) is 15.0. The molecule has 142 valence electrons. The Morgan fingerprint density at radius 3 is 2.04 bits per heavy atom. The van der Waals surface area contributed by atoms with Crippen LogP contribution in [0.25, 0.3) is 0 Å². The maximum atomic E-state index is 10.4. The van der Waals surface area contributed by atoms with Gasteiger partial charge in [-0.25, -0.2) is 0 Å². The number of rotatable bonds is 14. The lowest BCUT2D eigenvalue weighted by Gasteiger charge is -2.13. The van der Waals surface area contributed by atoms with Crippen LogP contribution in [-0.2, 0) is 4.79 Å². The Morgan fingerprint density at radius 1 is 0.840 bits per heavy atom. The summed E-state index contributed by atoms with van der Waals surface area (Å²) in [5, 5.41) is 37.6. The van der Waals surface area contributed by atoms with E-state index in [0.29, 0.717) is 19.3 Å². The molecular formula is C20H32O5. The van der Waals surface area contributed by atoms with Crippen LogP contribution in [0.4, 0.5) is 0 Å². The van der Waals surface area contributed by atoms with Crippen molar-refractivity contribution in [3.05, 3.63) is 48.6 Å². The SMILES string of the molecule is CCCCCC(O)C(O)C=CC=CC=CC=CC(O)CCCC(=O)O. The molecular weight excluding hydrogens is 320 g/mol. The summed E-state index contributed by atoms with van der Waals surface area (Å²) in [7, 11) is 0. The molecule has 3 unspecified atom stereocenters. The molecule has 0 saturated carbocycles. The van der Waals surface area contributed by atoms with Crippen LogP contribution in [0.3, 0.4) is 0 Å². The topological polar surface area (TPSA) is 98.0 Å². The molecule has 5 heteroatoms. The van der Waals surface area contributed by atoms with Crippen molar-refractivity contribution in [3.63, 3.8) is 0 Å². The number of aliphatic carboxylic acids is 1. The number of allylic oxidation sites excluding steroid dienone is 6. The third-order valence-corrected chi connectivity index (χ3v) is 3.59. The summed E-state index contributed by atoms with van der Waals surface area (Å²) in [4.78, 5) is 10.4. The van der Waals surface area contributed by atoms with Crippen LogP contribution in [0.15, 0.2) is 48.6 Å². The summed E-state index contributed by atoms with van der Waals surface area (Å²) in [5.41, 5.74) is 0. The zero-order valence-corrected chi connectivity index (χ0v) is 15.0. The van der Waals surface area contributed by atoms with Gasteiger partial charge < -0.3 is 20.4 Å². The van der Waals surface area contributed by atoms with Gasteiger partial charge in [-0.1, -0.05) is 74.8 Å². The highest BCUT2D eigenvalue weighted by atomic mass is 16.4. The standard InChI is InChI=1S/C20H32O5/c1-2-3-8-14-18(22)19(23)15-10-7-5-4-6-9-12-17(21)13-11-16-20(24)25/h4-7,9-10,12,15,17-19,21-23H,2-3,8,11,13-14,16H2,1H3,(H,24,25). The number of aliphatic hydroxyl groups is 3. The number of hydrogen-bond donors (Lipinski definition) is 4. The second-order valence-corrected chi connectivity index (χ2v) is 5.95. The van der Waals surface area contributed by atoms with Gasteiger partial charge in [-0.3, -0.25) is 4.79 Å². The molecule has 0 aliphatic heterocycles. The first kappa shape index (κ1) is 23.3. The average Bonchev–Trinajstić information content (AvgIpc) is 2.56. The van der Waals surface area contributed by atoms with Gasteiger partial charge in [0.05, 0.1) is 18.3 Å². The van der Waals surface area contributed by atoms with Crippen LogP contribution in [0.1, 0.15) is 51.9 Å². The molecule has 0 aromatic rings. The third-order valence-electron chi connectivity index (χ3n) is 3.59. The van der Waals surface area contributed by atoms with Crippen molar-refractivity contribution in [2.24, 2.45) is 0 Å². The van der Waals surface area contributed by atoms with E-state index in [2.05, 4.69) is 6.92 Å². The minimum Gasteiger partial charge on any atom is -0.481 e. The van der Waals surface area contributed by atoms with Crippen LogP contribution in [-0.4, -0.2) is 44.7 Å². The van der Waals surface area contributed by atoms with E-state index >= 15 is 0 Å². The quantitative estimate of drug-likeness (QED) is 0.284. The lowest BCUT2D eigenvalue weighted by atomic mass is 10.1. The van der Waals surface area contributed by atoms with Crippen LogP contribution >= 0.6 is 0 Å². The van der Waals surface area contributed by atoms with Crippen molar-refractivity contribution in [2.45, 2.75) is 70.2 Å². The third kappa shape index (κ3) is 15.6. The summed E-state index contributed by atoms with van der Waals surface area (Å²) >= 11 is 0. The Morgan fingerprint density at radius 2 is 1.44 bits per heavy atom. The van der Waals surface area contributed by atoms with E-state index in [9.17, 15) is 20.1 Å². The van der Waals surface area contributed by atoms with Gasteiger partial charge in [-0.05, 0) is 19.3 Å². The lowest BCUT2D eigenvalue weighted by molar-refractivity contribution is -0.137. The fourth-order valence-electron chi connectivity index (χ4n) is 2.09.